The van der Waals surface area contributed by atoms with Gasteiger partial charge in [0.25, 0.3) is 0 Å². The number of carbonyl (C=O) groups is 1. The van der Waals surface area contributed by atoms with Crippen LogP contribution in [-0.2, 0) is 11.2 Å². The molecule has 0 unspecified atom stereocenters. The van der Waals surface area contributed by atoms with Gasteiger partial charge in [0.15, 0.2) is 5.78 Å². The molecule has 0 heterocycles. The Balaban J connectivity index is 1.50. The molecule has 0 bridgehead atoms. The van der Waals surface area contributed by atoms with Crippen LogP contribution in [0.4, 0.5) is 8.78 Å². The summed E-state index contributed by atoms with van der Waals surface area (Å²) in [5.74, 6) is 7.10. The van der Waals surface area contributed by atoms with Crippen LogP contribution in [-0.4, -0.2) is 18.5 Å². The SMILES string of the molecule is O=C1c2cc(C#CC3CC3)ccc2CC12CCC(OC(F)F)CC2. The van der Waals surface area contributed by atoms with Gasteiger partial charge in [-0.1, -0.05) is 17.9 Å². The first kappa shape index (κ1) is 15.8. The molecule has 2 fully saturated rings. The molecule has 0 radical (unpaired) electrons. The Morgan fingerprint density at radius 3 is 2.58 bits per heavy atom. The molecule has 0 aliphatic heterocycles. The minimum Gasteiger partial charge on any atom is -0.320 e. The second-order valence-corrected chi connectivity index (χ2v) is 7.30. The summed E-state index contributed by atoms with van der Waals surface area (Å²) in [7, 11) is 0. The van der Waals surface area contributed by atoms with Crippen molar-refractivity contribution in [3.63, 3.8) is 0 Å². The summed E-state index contributed by atoms with van der Waals surface area (Å²) in [6.07, 6.45) is 4.97. The van der Waals surface area contributed by atoms with Gasteiger partial charge in [0.2, 0.25) is 0 Å². The molecule has 4 rings (SSSR count). The fourth-order valence-electron chi connectivity index (χ4n) is 3.99. The van der Waals surface area contributed by atoms with Crippen LogP contribution in [0.15, 0.2) is 18.2 Å². The lowest BCUT2D eigenvalue weighted by Gasteiger charge is -2.35. The predicted octanol–water partition coefficient (Wildman–Crippen LogP) is 4.36. The number of rotatable bonds is 2. The maximum absolute atomic E-state index is 13.0. The van der Waals surface area contributed by atoms with Crippen molar-refractivity contribution in [2.75, 3.05) is 0 Å². The molecule has 24 heavy (non-hydrogen) atoms. The number of ether oxygens (including phenoxy) is 1. The van der Waals surface area contributed by atoms with Crippen LogP contribution < -0.4 is 0 Å². The summed E-state index contributed by atoms with van der Waals surface area (Å²) in [6, 6.07) is 5.93. The van der Waals surface area contributed by atoms with Crippen molar-refractivity contribution in [3.05, 3.63) is 34.9 Å². The molecule has 126 valence electrons. The smallest absolute Gasteiger partial charge is 0.320 e. The molecule has 2 nitrogen and oxygen atoms in total. The third-order valence-corrected chi connectivity index (χ3v) is 5.55. The number of halogens is 2. The summed E-state index contributed by atoms with van der Waals surface area (Å²) in [4.78, 5) is 13.0. The van der Waals surface area contributed by atoms with Crippen LogP contribution in [0.3, 0.4) is 0 Å². The third kappa shape index (κ3) is 2.98. The van der Waals surface area contributed by atoms with Crippen LogP contribution in [0, 0.1) is 23.2 Å². The monoisotopic (exact) mass is 330 g/mol. The maximum Gasteiger partial charge on any atom is 0.345 e. The van der Waals surface area contributed by atoms with E-state index in [-0.39, 0.29) is 5.78 Å². The molecular formula is C20H20F2O2. The van der Waals surface area contributed by atoms with Gasteiger partial charge in [0.1, 0.15) is 0 Å². The van der Waals surface area contributed by atoms with E-state index in [1.54, 1.807) is 0 Å². The standard InChI is InChI=1S/C20H20F2O2/c21-19(22)24-16-7-9-20(10-8-16)12-15-6-5-14(4-3-13-1-2-13)11-17(15)18(20)23/h5-6,11,13,16,19H,1-2,7-10,12H2. The zero-order valence-electron chi connectivity index (χ0n) is 13.5. The fraction of sp³-hybridized carbons (Fsp3) is 0.550. The van der Waals surface area contributed by atoms with E-state index in [2.05, 4.69) is 16.6 Å². The normalized spacial score (nSPS) is 28.8. The highest BCUT2D eigenvalue weighted by molar-refractivity contribution is 6.05. The number of hydrogen-bond donors (Lipinski definition) is 0. The van der Waals surface area contributed by atoms with Gasteiger partial charge in [0.05, 0.1) is 6.10 Å². The lowest BCUT2D eigenvalue weighted by Crippen LogP contribution is -2.36. The van der Waals surface area contributed by atoms with E-state index in [1.165, 1.54) is 12.8 Å². The van der Waals surface area contributed by atoms with E-state index in [4.69, 9.17) is 0 Å². The Morgan fingerprint density at radius 1 is 1.17 bits per heavy atom. The fourth-order valence-corrected chi connectivity index (χ4v) is 3.99. The van der Waals surface area contributed by atoms with Gasteiger partial charge >= 0.3 is 6.61 Å². The number of alkyl halides is 2. The summed E-state index contributed by atoms with van der Waals surface area (Å²) < 4.78 is 29.3. The number of hydrogen-bond acceptors (Lipinski definition) is 2. The summed E-state index contributed by atoms with van der Waals surface area (Å²) >= 11 is 0. The van der Waals surface area contributed by atoms with E-state index < -0.39 is 18.1 Å². The first-order chi connectivity index (χ1) is 11.6. The molecular weight excluding hydrogens is 310 g/mol. The average Bonchev–Trinajstić information content (AvgIpc) is 3.35. The van der Waals surface area contributed by atoms with Gasteiger partial charge in [-0.2, -0.15) is 8.78 Å². The Hall–Kier alpha value is -1.73. The highest BCUT2D eigenvalue weighted by atomic mass is 19.3. The molecule has 0 amide bonds. The minimum atomic E-state index is -2.73. The van der Waals surface area contributed by atoms with E-state index in [9.17, 15) is 13.6 Å². The number of Topliss-reactive ketones (excluding diaryl/α,β-unsaturated/α-hetero) is 1. The molecule has 2 saturated carbocycles. The third-order valence-electron chi connectivity index (χ3n) is 5.55. The van der Waals surface area contributed by atoms with Crippen LogP contribution in [0.2, 0.25) is 0 Å². The van der Waals surface area contributed by atoms with E-state index in [0.29, 0.717) is 31.6 Å². The van der Waals surface area contributed by atoms with Crippen molar-refractivity contribution in [3.8, 4) is 11.8 Å². The minimum absolute atomic E-state index is 0.170. The summed E-state index contributed by atoms with van der Waals surface area (Å²) in [5, 5.41) is 0. The number of carbonyl (C=O) groups excluding carboxylic acids is 1. The van der Waals surface area contributed by atoms with Crippen molar-refractivity contribution in [2.24, 2.45) is 11.3 Å². The predicted molar refractivity (Wildman–Crippen MR) is 85.9 cm³/mol. The average molecular weight is 330 g/mol. The second-order valence-electron chi connectivity index (χ2n) is 7.30. The van der Waals surface area contributed by atoms with Crippen molar-refractivity contribution >= 4 is 5.78 Å². The highest BCUT2D eigenvalue weighted by Crippen LogP contribution is 2.48. The van der Waals surface area contributed by atoms with E-state index in [1.807, 2.05) is 18.2 Å². The topological polar surface area (TPSA) is 26.3 Å². The molecule has 0 saturated heterocycles. The maximum atomic E-state index is 13.0. The van der Waals surface area contributed by atoms with Gasteiger partial charge in [-0.25, -0.2) is 0 Å². The first-order valence-corrected chi connectivity index (χ1v) is 8.69. The van der Waals surface area contributed by atoms with Crippen LogP contribution >= 0.6 is 0 Å². The van der Waals surface area contributed by atoms with Crippen molar-refractivity contribution < 1.29 is 18.3 Å². The molecule has 3 aliphatic carbocycles. The molecule has 4 heteroatoms. The number of benzene rings is 1. The number of fused-ring (bicyclic) bond motifs is 1. The zero-order valence-corrected chi connectivity index (χ0v) is 13.5. The quantitative estimate of drug-likeness (QED) is 0.753. The van der Waals surface area contributed by atoms with Crippen molar-refractivity contribution in [1.29, 1.82) is 0 Å². The molecule has 0 N–H and O–H groups in total. The van der Waals surface area contributed by atoms with Gasteiger partial charge in [-0.15, -0.1) is 0 Å². The van der Waals surface area contributed by atoms with E-state index >= 15 is 0 Å². The molecule has 3 aliphatic rings. The Kier molecular flexibility index (Phi) is 3.92. The van der Waals surface area contributed by atoms with Crippen LogP contribution in [0.25, 0.3) is 0 Å². The largest absolute Gasteiger partial charge is 0.345 e. The van der Waals surface area contributed by atoms with Gasteiger partial charge < -0.3 is 4.74 Å². The van der Waals surface area contributed by atoms with Gasteiger partial charge in [-0.05, 0) is 62.6 Å². The van der Waals surface area contributed by atoms with Crippen LogP contribution in [0.1, 0.15) is 60.0 Å². The Labute approximate surface area is 140 Å². The van der Waals surface area contributed by atoms with Crippen molar-refractivity contribution in [2.45, 2.75) is 57.7 Å². The zero-order chi connectivity index (χ0) is 16.7. The van der Waals surface area contributed by atoms with Gasteiger partial charge in [0, 0.05) is 22.5 Å². The lowest BCUT2D eigenvalue weighted by molar-refractivity contribution is -0.173. The molecule has 1 spiro atoms. The summed E-state index contributed by atoms with van der Waals surface area (Å²) in [5.41, 5.74) is 2.35. The molecule has 1 aromatic rings. The first-order valence-electron chi connectivity index (χ1n) is 8.69. The summed E-state index contributed by atoms with van der Waals surface area (Å²) in [6.45, 7) is -2.73. The van der Waals surface area contributed by atoms with E-state index in [0.717, 1.165) is 23.1 Å². The number of ketones is 1. The highest BCUT2D eigenvalue weighted by Gasteiger charge is 2.47. The second kappa shape index (κ2) is 5.97. The van der Waals surface area contributed by atoms with Crippen LogP contribution in [0.5, 0.6) is 0 Å². The van der Waals surface area contributed by atoms with Crippen molar-refractivity contribution in [1.82, 2.24) is 0 Å². The molecule has 1 aromatic carbocycles. The Morgan fingerprint density at radius 2 is 1.92 bits per heavy atom. The van der Waals surface area contributed by atoms with Gasteiger partial charge in [-0.3, -0.25) is 4.79 Å². The Bertz CT molecular complexity index is 717. The molecule has 0 atom stereocenters. The molecule has 0 aromatic heterocycles. The lowest BCUT2D eigenvalue weighted by atomic mass is 9.70.